The molecule has 0 bridgehead atoms. The van der Waals surface area contributed by atoms with Gasteiger partial charge in [-0.05, 0) is 62.3 Å². The molecule has 0 radical (unpaired) electrons. The molecular weight excluding hydrogens is 396 g/mol. The lowest BCUT2D eigenvalue weighted by atomic mass is 10.0. The molecule has 1 atom stereocenters. The van der Waals surface area contributed by atoms with E-state index in [4.69, 9.17) is 9.47 Å². The van der Waals surface area contributed by atoms with Crippen LogP contribution in [0, 0.1) is 0 Å². The maximum absolute atomic E-state index is 12.7. The zero-order valence-electron chi connectivity index (χ0n) is 17.9. The Kier molecular flexibility index (Phi) is 6.95. The molecule has 1 aromatic heterocycles. The molecule has 1 aliphatic carbocycles. The van der Waals surface area contributed by atoms with Gasteiger partial charge < -0.3 is 19.7 Å². The van der Waals surface area contributed by atoms with Crippen LogP contribution in [0.4, 0.5) is 0 Å². The fraction of sp³-hybridized carbons (Fsp3) is 0.542. The highest BCUT2D eigenvalue weighted by atomic mass is 32.1. The highest BCUT2D eigenvalue weighted by Crippen LogP contribution is 2.32. The van der Waals surface area contributed by atoms with Crippen LogP contribution in [0.1, 0.15) is 66.7 Å². The van der Waals surface area contributed by atoms with Gasteiger partial charge in [0.25, 0.3) is 5.91 Å². The van der Waals surface area contributed by atoms with Crippen LogP contribution in [-0.4, -0.2) is 43.2 Å². The summed E-state index contributed by atoms with van der Waals surface area (Å²) in [6.45, 7) is 4.22. The van der Waals surface area contributed by atoms with Gasteiger partial charge in [0.15, 0.2) is 11.5 Å². The van der Waals surface area contributed by atoms with Crippen molar-refractivity contribution in [1.29, 1.82) is 0 Å². The third kappa shape index (κ3) is 4.98. The molecule has 1 saturated heterocycles. The van der Waals surface area contributed by atoms with Crippen LogP contribution in [0.2, 0.25) is 0 Å². The molecule has 162 valence electrons. The second kappa shape index (κ2) is 9.84. The van der Waals surface area contributed by atoms with E-state index in [0.29, 0.717) is 11.3 Å². The fourth-order valence-corrected chi connectivity index (χ4v) is 5.34. The lowest BCUT2D eigenvalue weighted by Crippen LogP contribution is -2.43. The predicted molar refractivity (Wildman–Crippen MR) is 121 cm³/mol. The van der Waals surface area contributed by atoms with E-state index in [9.17, 15) is 4.79 Å². The molecule has 2 heterocycles. The molecule has 1 amide bonds. The van der Waals surface area contributed by atoms with Crippen molar-refractivity contribution in [2.45, 2.75) is 63.6 Å². The molecular formula is C24H32N2O3S. The average Bonchev–Trinajstić information content (AvgIpc) is 3.49. The fourth-order valence-electron chi connectivity index (χ4n) is 4.60. The number of rotatable bonds is 7. The number of methoxy groups -OCH3 is 1. The number of carbonyl (C=O) groups excluding carboxylic acids is 1. The average molecular weight is 429 g/mol. The van der Waals surface area contributed by atoms with E-state index < -0.39 is 0 Å². The summed E-state index contributed by atoms with van der Waals surface area (Å²) in [5.74, 6) is 1.23. The quantitative estimate of drug-likeness (QED) is 0.672. The Morgan fingerprint density at radius 3 is 2.57 bits per heavy atom. The third-order valence-electron chi connectivity index (χ3n) is 6.35. The Balaban J connectivity index is 1.35. The van der Waals surface area contributed by atoms with Crippen LogP contribution in [0.25, 0.3) is 0 Å². The molecule has 30 heavy (non-hydrogen) atoms. The third-order valence-corrected chi connectivity index (χ3v) is 7.41. The smallest absolute Gasteiger partial charge is 0.251 e. The van der Waals surface area contributed by atoms with Gasteiger partial charge in [0.05, 0.1) is 13.2 Å². The molecule has 1 saturated carbocycles. The Bertz CT molecular complexity index is 825. The zero-order chi connectivity index (χ0) is 20.9. The Morgan fingerprint density at radius 1 is 1.13 bits per heavy atom. The second-order valence-corrected chi connectivity index (χ2v) is 9.35. The van der Waals surface area contributed by atoms with Crippen LogP contribution in [0.5, 0.6) is 11.5 Å². The van der Waals surface area contributed by atoms with Gasteiger partial charge in [-0.3, -0.25) is 4.79 Å². The molecule has 2 fully saturated rings. The van der Waals surface area contributed by atoms with Gasteiger partial charge in [0.1, 0.15) is 6.10 Å². The largest absolute Gasteiger partial charge is 0.493 e. The van der Waals surface area contributed by atoms with E-state index in [-0.39, 0.29) is 18.1 Å². The number of benzene rings is 1. The van der Waals surface area contributed by atoms with Crippen molar-refractivity contribution in [3.05, 3.63) is 46.2 Å². The minimum Gasteiger partial charge on any atom is -0.493 e. The zero-order valence-corrected chi connectivity index (χ0v) is 18.7. The molecule has 6 heteroatoms. The number of hydrogen-bond donors (Lipinski definition) is 1. The van der Waals surface area contributed by atoms with Gasteiger partial charge in [-0.25, -0.2) is 0 Å². The number of piperidine rings is 1. The van der Waals surface area contributed by atoms with Gasteiger partial charge in [0.2, 0.25) is 0 Å². The number of nitrogens with one attached hydrogen (secondary N) is 1. The Labute approximate surface area is 183 Å². The molecule has 1 aliphatic heterocycles. The van der Waals surface area contributed by atoms with Crippen LogP contribution >= 0.6 is 11.3 Å². The molecule has 0 unspecified atom stereocenters. The van der Waals surface area contributed by atoms with Crippen molar-refractivity contribution >= 4 is 17.2 Å². The molecule has 1 N–H and O–H groups in total. The number of likely N-dealkylation sites (tertiary alicyclic amines) is 1. The van der Waals surface area contributed by atoms with Gasteiger partial charge in [-0.1, -0.05) is 18.9 Å². The molecule has 0 spiro atoms. The van der Waals surface area contributed by atoms with Crippen molar-refractivity contribution in [1.82, 2.24) is 10.2 Å². The summed E-state index contributed by atoms with van der Waals surface area (Å²) in [7, 11) is 1.63. The summed E-state index contributed by atoms with van der Waals surface area (Å²) < 4.78 is 11.8. The maximum Gasteiger partial charge on any atom is 0.251 e. The van der Waals surface area contributed by atoms with Crippen LogP contribution in [0.15, 0.2) is 35.7 Å². The van der Waals surface area contributed by atoms with Crippen molar-refractivity contribution in [3.8, 4) is 11.5 Å². The Morgan fingerprint density at radius 2 is 1.90 bits per heavy atom. The van der Waals surface area contributed by atoms with E-state index in [0.717, 1.165) is 42.6 Å². The van der Waals surface area contributed by atoms with Gasteiger partial charge >= 0.3 is 0 Å². The summed E-state index contributed by atoms with van der Waals surface area (Å²) in [5.41, 5.74) is 0.582. The number of nitrogens with zero attached hydrogens (tertiary/aromatic N) is 1. The standard InChI is InChI=1S/C24H32N2O3S/c1-17(23-8-5-15-30-23)25-24(27)18-9-10-21(22(16-18)28-2)29-20-11-13-26(14-12-20)19-6-3-4-7-19/h5,8-10,15-17,19-20H,3-4,6-7,11-14H2,1-2H3,(H,25,27)/t17-/m1/s1. The maximum atomic E-state index is 12.7. The van der Waals surface area contributed by atoms with E-state index in [2.05, 4.69) is 10.2 Å². The number of carbonyl (C=O) groups is 1. The van der Waals surface area contributed by atoms with E-state index >= 15 is 0 Å². The number of ether oxygens (including phenoxy) is 2. The highest BCUT2D eigenvalue weighted by molar-refractivity contribution is 7.10. The highest BCUT2D eigenvalue weighted by Gasteiger charge is 2.28. The first kappa shape index (κ1) is 21.2. The number of amides is 1. The first-order valence-electron chi connectivity index (χ1n) is 11.1. The molecule has 5 nitrogen and oxygen atoms in total. The van der Waals surface area contributed by atoms with E-state index in [1.807, 2.05) is 36.6 Å². The lowest BCUT2D eigenvalue weighted by Gasteiger charge is -2.36. The van der Waals surface area contributed by atoms with E-state index in [1.54, 1.807) is 24.5 Å². The SMILES string of the molecule is COc1cc(C(=O)N[C@H](C)c2cccs2)ccc1OC1CCN(C2CCCC2)CC1. The predicted octanol–water partition coefficient (Wildman–Crippen LogP) is 5.03. The van der Waals surface area contributed by atoms with Gasteiger partial charge in [0, 0.05) is 29.6 Å². The van der Waals surface area contributed by atoms with Crippen molar-refractivity contribution in [2.75, 3.05) is 20.2 Å². The van der Waals surface area contributed by atoms with Gasteiger partial charge in [-0.15, -0.1) is 11.3 Å². The van der Waals surface area contributed by atoms with E-state index in [1.165, 1.54) is 25.7 Å². The van der Waals surface area contributed by atoms with Gasteiger partial charge in [-0.2, -0.15) is 0 Å². The molecule has 2 aromatic rings. The Hall–Kier alpha value is -2.05. The first-order valence-corrected chi connectivity index (χ1v) is 11.9. The van der Waals surface area contributed by atoms with Crippen LogP contribution in [0.3, 0.4) is 0 Å². The summed E-state index contributed by atoms with van der Waals surface area (Å²) in [6.07, 6.45) is 7.76. The summed E-state index contributed by atoms with van der Waals surface area (Å²) in [6, 6.07) is 10.3. The van der Waals surface area contributed by atoms with Crippen molar-refractivity contribution < 1.29 is 14.3 Å². The summed E-state index contributed by atoms with van der Waals surface area (Å²) in [5, 5.41) is 5.07. The molecule has 2 aliphatic rings. The van der Waals surface area contributed by atoms with Crippen molar-refractivity contribution in [2.24, 2.45) is 0 Å². The lowest BCUT2D eigenvalue weighted by molar-refractivity contribution is 0.0750. The molecule has 4 rings (SSSR count). The topological polar surface area (TPSA) is 50.8 Å². The molecule has 1 aromatic carbocycles. The first-order chi connectivity index (χ1) is 14.6. The second-order valence-electron chi connectivity index (χ2n) is 8.37. The van der Waals surface area contributed by atoms with Crippen molar-refractivity contribution in [3.63, 3.8) is 0 Å². The summed E-state index contributed by atoms with van der Waals surface area (Å²) in [4.78, 5) is 16.5. The minimum absolute atomic E-state index is 0.0236. The summed E-state index contributed by atoms with van der Waals surface area (Å²) >= 11 is 1.64. The number of thiophene rings is 1. The monoisotopic (exact) mass is 428 g/mol. The minimum atomic E-state index is -0.106. The number of hydrogen-bond acceptors (Lipinski definition) is 5. The van der Waals surface area contributed by atoms with Crippen LogP contribution < -0.4 is 14.8 Å². The normalized spacial score (nSPS) is 19.5. The van der Waals surface area contributed by atoms with Crippen LogP contribution in [-0.2, 0) is 0 Å².